The van der Waals surface area contributed by atoms with Gasteiger partial charge in [0, 0.05) is 53.3 Å². The van der Waals surface area contributed by atoms with Crippen LogP contribution in [0.2, 0.25) is 0 Å². The van der Waals surface area contributed by atoms with Crippen molar-refractivity contribution in [3.8, 4) is 5.75 Å². The summed E-state index contributed by atoms with van der Waals surface area (Å²) in [6.45, 7) is 0. The van der Waals surface area contributed by atoms with Crippen molar-refractivity contribution >= 4 is 39.3 Å². The lowest BCUT2D eigenvalue weighted by Crippen LogP contribution is -2.11. The highest BCUT2D eigenvalue weighted by molar-refractivity contribution is 5.97. The molecule has 0 radical (unpaired) electrons. The first-order chi connectivity index (χ1) is 15.0. The molecule has 0 saturated carbocycles. The van der Waals surface area contributed by atoms with Crippen LogP contribution < -0.4 is 9.64 Å². The lowest BCUT2D eigenvalue weighted by Gasteiger charge is -2.26. The number of fused-ring (bicyclic) bond motifs is 1. The minimum absolute atomic E-state index is 0.0407. The van der Waals surface area contributed by atoms with E-state index in [9.17, 15) is 20.2 Å². The summed E-state index contributed by atoms with van der Waals surface area (Å²) in [6.07, 6.45) is 1.67. The van der Waals surface area contributed by atoms with Crippen LogP contribution in [0.4, 0.5) is 28.4 Å². The predicted octanol–water partition coefficient (Wildman–Crippen LogP) is 5.53. The fourth-order valence-corrected chi connectivity index (χ4v) is 3.31. The third kappa shape index (κ3) is 3.84. The molecule has 0 unspecified atom stereocenters. The van der Waals surface area contributed by atoms with Gasteiger partial charge in [0.15, 0.2) is 0 Å². The number of aromatic nitrogens is 1. The van der Waals surface area contributed by atoms with E-state index in [1.807, 2.05) is 23.1 Å². The average molecular weight is 416 g/mol. The molecule has 4 rings (SSSR count). The van der Waals surface area contributed by atoms with Crippen LogP contribution in [0.3, 0.4) is 0 Å². The van der Waals surface area contributed by atoms with Crippen LogP contribution in [0, 0.1) is 20.2 Å². The van der Waals surface area contributed by atoms with E-state index in [2.05, 4.69) is 4.98 Å². The number of hydrogen-bond donors (Lipinski definition) is 0. The van der Waals surface area contributed by atoms with E-state index >= 15 is 0 Å². The Morgan fingerprint density at radius 3 is 1.87 bits per heavy atom. The molecule has 1 heterocycles. The van der Waals surface area contributed by atoms with Crippen LogP contribution in [-0.4, -0.2) is 21.9 Å². The second-order valence-corrected chi connectivity index (χ2v) is 6.60. The molecule has 3 aromatic carbocycles. The summed E-state index contributed by atoms with van der Waals surface area (Å²) in [7, 11) is 1.56. The van der Waals surface area contributed by atoms with Gasteiger partial charge in [-0.3, -0.25) is 25.2 Å². The van der Waals surface area contributed by atoms with Crippen LogP contribution in [0.25, 0.3) is 10.9 Å². The summed E-state index contributed by atoms with van der Waals surface area (Å²) in [5.74, 6) is 0.601. The highest BCUT2D eigenvalue weighted by atomic mass is 16.6. The van der Waals surface area contributed by atoms with Crippen molar-refractivity contribution in [2.45, 2.75) is 0 Å². The molecule has 0 aliphatic heterocycles. The molecule has 0 spiro atoms. The molecule has 9 heteroatoms. The SMILES string of the molecule is COc1cc(N(c2ccc([N+](=O)[O-])cc2)c2ccc([N+](=O)[O-])cc2)c2ncccc2c1. The van der Waals surface area contributed by atoms with Gasteiger partial charge >= 0.3 is 0 Å². The first-order valence-corrected chi connectivity index (χ1v) is 9.20. The zero-order chi connectivity index (χ0) is 22.0. The molecule has 4 aromatic rings. The van der Waals surface area contributed by atoms with Crippen molar-refractivity contribution in [2.75, 3.05) is 12.0 Å². The average Bonchev–Trinajstić information content (AvgIpc) is 2.79. The highest BCUT2D eigenvalue weighted by Gasteiger charge is 2.19. The Labute approximate surface area is 176 Å². The number of nitro groups is 2. The first-order valence-electron chi connectivity index (χ1n) is 9.20. The van der Waals surface area contributed by atoms with Crippen molar-refractivity contribution in [1.82, 2.24) is 4.98 Å². The molecule has 0 amide bonds. The number of methoxy groups -OCH3 is 1. The van der Waals surface area contributed by atoms with Crippen molar-refractivity contribution in [3.63, 3.8) is 0 Å². The molecule has 9 nitrogen and oxygen atoms in total. The second-order valence-electron chi connectivity index (χ2n) is 6.60. The van der Waals surface area contributed by atoms with Gasteiger partial charge in [-0.2, -0.15) is 0 Å². The van der Waals surface area contributed by atoms with Gasteiger partial charge in [-0.15, -0.1) is 0 Å². The Bertz CT molecular complexity index is 1220. The molecule has 0 bridgehead atoms. The maximum Gasteiger partial charge on any atom is 0.269 e. The Hall–Kier alpha value is -4.53. The summed E-state index contributed by atoms with van der Waals surface area (Å²) in [4.78, 5) is 27.6. The van der Waals surface area contributed by atoms with Gasteiger partial charge in [0.05, 0.1) is 28.2 Å². The molecule has 1 aromatic heterocycles. The zero-order valence-corrected chi connectivity index (χ0v) is 16.3. The smallest absolute Gasteiger partial charge is 0.269 e. The number of pyridine rings is 1. The number of non-ortho nitro benzene ring substituents is 2. The van der Waals surface area contributed by atoms with E-state index in [-0.39, 0.29) is 11.4 Å². The second kappa shape index (κ2) is 8.07. The van der Waals surface area contributed by atoms with Crippen molar-refractivity contribution in [1.29, 1.82) is 0 Å². The van der Waals surface area contributed by atoms with E-state index in [0.717, 1.165) is 5.39 Å². The van der Waals surface area contributed by atoms with Crippen molar-refractivity contribution in [3.05, 3.63) is 99.2 Å². The fourth-order valence-electron chi connectivity index (χ4n) is 3.31. The highest BCUT2D eigenvalue weighted by Crippen LogP contribution is 2.41. The number of hydrogen-bond acceptors (Lipinski definition) is 7. The molecule has 0 aliphatic carbocycles. The molecule has 0 saturated heterocycles. The maximum absolute atomic E-state index is 11.1. The van der Waals surface area contributed by atoms with Crippen molar-refractivity contribution in [2.24, 2.45) is 0 Å². The molecular formula is C22H16N4O5. The Balaban J connectivity index is 1.95. The van der Waals surface area contributed by atoms with Crippen LogP contribution in [0.15, 0.2) is 79.0 Å². The first kappa shape index (κ1) is 19.8. The Morgan fingerprint density at radius 2 is 1.39 bits per heavy atom. The summed E-state index contributed by atoms with van der Waals surface area (Å²) < 4.78 is 5.45. The van der Waals surface area contributed by atoms with Crippen LogP contribution in [0.1, 0.15) is 0 Å². The largest absolute Gasteiger partial charge is 0.497 e. The summed E-state index contributed by atoms with van der Waals surface area (Å²) in [5.41, 5.74) is 2.51. The minimum atomic E-state index is -0.470. The zero-order valence-electron chi connectivity index (χ0n) is 16.3. The number of nitro benzene ring substituents is 2. The molecule has 0 fully saturated rings. The molecule has 0 aliphatic rings. The Kier molecular flexibility index (Phi) is 5.15. The predicted molar refractivity (Wildman–Crippen MR) is 116 cm³/mol. The van der Waals surface area contributed by atoms with E-state index in [0.29, 0.717) is 28.3 Å². The number of nitrogens with zero attached hydrogens (tertiary/aromatic N) is 4. The standard InChI is InChI=1S/C22H16N4O5/c1-31-20-13-15-3-2-12-23-22(15)21(14-20)24(16-4-8-18(9-5-16)25(27)28)17-6-10-19(11-7-17)26(29)30/h2-14H,1H3. The lowest BCUT2D eigenvalue weighted by molar-refractivity contribution is -0.385. The normalized spacial score (nSPS) is 10.6. The van der Waals surface area contributed by atoms with Gasteiger partial charge in [-0.25, -0.2) is 0 Å². The molecule has 154 valence electrons. The summed E-state index contributed by atoms with van der Waals surface area (Å²) in [6, 6.07) is 19.5. The van der Waals surface area contributed by atoms with Gasteiger partial charge < -0.3 is 9.64 Å². The third-order valence-corrected chi connectivity index (χ3v) is 4.77. The van der Waals surface area contributed by atoms with Crippen LogP contribution in [0.5, 0.6) is 5.75 Å². The van der Waals surface area contributed by atoms with E-state index in [1.165, 1.54) is 24.3 Å². The summed E-state index contributed by atoms with van der Waals surface area (Å²) in [5, 5.41) is 23.0. The van der Waals surface area contributed by atoms with Crippen molar-refractivity contribution < 1.29 is 14.6 Å². The molecule has 0 N–H and O–H groups in total. The number of anilines is 3. The van der Waals surface area contributed by atoms with E-state index in [1.54, 1.807) is 43.6 Å². The Morgan fingerprint density at radius 1 is 0.839 bits per heavy atom. The minimum Gasteiger partial charge on any atom is -0.497 e. The molecule has 31 heavy (non-hydrogen) atoms. The quantitative estimate of drug-likeness (QED) is 0.300. The van der Waals surface area contributed by atoms with E-state index in [4.69, 9.17) is 4.74 Å². The molecule has 0 atom stereocenters. The number of benzene rings is 3. The topological polar surface area (TPSA) is 112 Å². The molecular weight excluding hydrogens is 400 g/mol. The van der Waals surface area contributed by atoms with Gasteiger partial charge in [0.2, 0.25) is 0 Å². The van der Waals surface area contributed by atoms with Gasteiger partial charge in [0.1, 0.15) is 5.75 Å². The van der Waals surface area contributed by atoms with Crippen LogP contribution in [-0.2, 0) is 0 Å². The van der Waals surface area contributed by atoms with E-state index < -0.39 is 9.85 Å². The van der Waals surface area contributed by atoms with Gasteiger partial charge in [-0.05, 0) is 36.4 Å². The van der Waals surface area contributed by atoms with Gasteiger partial charge in [-0.1, -0.05) is 6.07 Å². The monoisotopic (exact) mass is 416 g/mol. The fraction of sp³-hybridized carbons (Fsp3) is 0.0455. The van der Waals surface area contributed by atoms with Gasteiger partial charge in [0.25, 0.3) is 11.4 Å². The summed E-state index contributed by atoms with van der Waals surface area (Å²) >= 11 is 0. The number of rotatable bonds is 6. The third-order valence-electron chi connectivity index (χ3n) is 4.77. The number of ether oxygens (including phenoxy) is 1. The maximum atomic E-state index is 11.1. The van der Waals surface area contributed by atoms with Crippen LogP contribution >= 0.6 is 0 Å². The lowest BCUT2D eigenvalue weighted by atomic mass is 10.1.